The van der Waals surface area contributed by atoms with Crippen molar-refractivity contribution in [1.82, 2.24) is 0 Å². The van der Waals surface area contributed by atoms with Crippen LogP contribution >= 0.6 is 11.6 Å². The second kappa shape index (κ2) is 10.5. The highest BCUT2D eigenvalue weighted by atomic mass is 35.5. The Kier molecular flexibility index (Phi) is 7.73. The second-order valence-corrected chi connectivity index (χ2v) is 9.40. The zero-order valence-corrected chi connectivity index (χ0v) is 19.7. The van der Waals surface area contributed by atoms with Gasteiger partial charge in [0.2, 0.25) is 5.91 Å². The molecule has 3 aromatic rings. The standard InChI is InChI=1S/C24H23ClN2O5S/c1-16-3-5-17(6-4-16)21(28)12-14-24(29)26-20-11-13-22(32-2)23(15-20)33(30,31)27-19-9-7-18(25)8-10-19/h3-11,13,15,27H,12,14H2,1-2H3,(H,26,29). The highest BCUT2D eigenvalue weighted by Gasteiger charge is 2.21. The summed E-state index contributed by atoms with van der Waals surface area (Å²) >= 11 is 5.84. The lowest BCUT2D eigenvalue weighted by molar-refractivity contribution is -0.116. The molecule has 9 heteroatoms. The molecule has 0 aromatic heterocycles. The number of nitrogens with one attached hydrogen (secondary N) is 2. The summed E-state index contributed by atoms with van der Waals surface area (Å²) in [6, 6.07) is 17.6. The van der Waals surface area contributed by atoms with Gasteiger partial charge < -0.3 is 10.1 Å². The van der Waals surface area contributed by atoms with E-state index in [1.54, 1.807) is 24.3 Å². The quantitative estimate of drug-likeness (QED) is 0.412. The molecule has 0 aliphatic rings. The maximum atomic E-state index is 12.9. The molecule has 0 heterocycles. The Labute approximate surface area is 197 Å². The molecule has 0 aliphatic carbocycles. The molecule has 0 radical (unpaired) electrons. The first-order valence-electron chi connectivity index (χ1n) is 10.0. The van der Waals surface area contributed by atoms with Gasteiger partial charge in [-0.2, -0.15) is 0 Å². The average Bonchev–Trinajstić information content (AvgIpc) is 2.79. The Morgan fingerprint density at radius 1 is 0.909 bits per heavy atom. The van der Waals surface area contributed by atoms with Gasteiger partial charge in [0, 0.05) is 34.8 Å². The number of halogens is 1. The SMILES string of the molecule is COc1ccc(NC(=O)CCC(=O)c2ccc(C)cc2)cc1S(=O)(=O)Nc1ccc(Cl)cc1. The molecule has 2 N–H and O–H groups in total. The largest absolute Gasteiger partial charge is 0.495 e. The van der Waals surface area contributed by atoms with Crippen LogP contribution in [-0.4, -0.2) is 27.2 Å². The Morgan fingerprint density at radius 3 is 2.18 bits per heavy atom. The molecular formula is C24H23ClN2O5S. The lowest BCUT2D eigenvalue weighted by Gasteiger charge is -2.14. The van der Waals surface area contributed by atoms with Gasteiger partial charge in [0.25, 0.3) is 10.0 Å². The van der Waals surface area contributed by atoms with Crippen LogP contribution in [0.3, 0.4) is 0 Å². The van der Waals surface area contributed by atoms with E-state index in [0.717, 1.165) is 5.56 Å². The molecule has 0 atom stereocenters. The van der Waals surface area contributed by atoms with Crippen molar-refractivity contribution in [2.45, 2.75) is 24.7 Å². The van der Waals surface area contributed by atoms with E-state index in [2.05, 4.69) is 10.0 Å². The van der Waals surface area contributed by atoms with Crippen LogP contribution in [0.2, 0.25) is 5.02 Å². The average molecular weight is 487 g/mol. The number of ether oxygens (including phenoxy) is 1. The summed E-state index contributed by atoms with van der Waals surface area (Å²) in [5, 5.41) is 3.11. The fraction of sp³-hybridized carbons (Fsp3) is 0.167. The number of sulfonamides is 1. The first-order valence-corrected chi connectivity index (χ1v) is 11.9. The number of anilines is 2. The van der Waals surface area contributed by atoms with Crippen molar-refractivity contribution in [1.29, 1.82) is 0 Å². The molecule has 3 aromatic carbocycles. The smallest absolute Gasteiger partial charge is 0.265 e. The lowest BCUT2D eigenvalue weighted by atomic mass is 10.0. The minimum absolute atomic E-state index is 0.0360. The summed E-state index contributed by atoms with van der Waals surface area (Å²) in [5.41, 5.74) is 2.17. The Bertz CT molecular complexity index is 1260. The molecular weight excluding hydrogens is 464 g/mol. The number of benzene rings is 3. The molecule has 3 rings (SSSR count). The van der Waals surface area contributed by atoms with Gasteiger partial charge in [-0.15, -0.1) is 0 Å². The number of aryl methyl sites for hydroxylation is 1. The monoisotopic (exact) mass is 486 g/mol. The highest BCUT2D eigenvalue weighted by molar-refractivity contribution is 7.92. The minimum Gasteiger partial charge on any atom is -0.495 e. The molecule has 0 unspecified atom stereocenters. The molecule has 1 amide bonds. The molecule has 0 aliphatic heterocycles. The van der Waals surface area contributed by atoms with Crippen LogP contribution in [-0.2, 0) is 14.8 Å². The topological polar surface area (TPSA) is 102 Å². The summed E-state index contributed by atoms with van der Waals surface area (Å²) in [7, 11) is -2.66. The normalized spacial score (nSPS) is 11.0. The molecule has 33 heavy (non-hydrogen) atoms. The van der Waals surface area contributed by atoms with Gasteiger partial charge in [-0.1, -0.05) is 41.4 Å². The first-order chi connectivity index (χ1) is 15.7. The molecule has 7 nitrogen and oxygen atoms in total. The van der Waals surface area contributed by atoms with Gasteiger partial charge >= 0.3 is 0 Å². The number of ketones is 1. The molecule has 0 fully saturated rings. The highest BCUT2D eigenvalue weighted by Crippen LogP contribution is 2.29. The summed E-state index contributed by atoms with van der Waals surface area (Å²) in [6.07, 6.45) is -0.00181. The van der Waals surface area contributed by atoms with Crippen molar-refractivity contribution in [2.24, 2.45) is 0 Å². The van der Waals surface area contributed by atoms with Gasteiger partial charge in [0.05, 0.1) is 7.11 Å². The summed E-state index contributed by atoms with van der Waals surface area (Å²) in [6.45, 7) is 1.93. The minimum atomic E-state index is -4.02. The van der Waals surface area contributed by atoms with Gasteiger partial charge in [-0.25, -0.2) is 8.42 Å². The van der Waals surface area contributed by atoms with Crippen LogP contribution in [0.5, 0.6) is 5.75 Å². The van der Waals surface area contributed by atoms with Crippen molar-refractivity contribution in [3.8, 4) is 5.75 Å². The van der Waals surface area contributed by atoms with E-state index in [1.807, 2.05) is 19.1 Å². The predicted octanol–water partition coefficient (Wildman–Crippen LogP) is 5.06. The maximum Gasteiger partial charge on any atom is 0.265 e. The Morgan fingerprint density at radius 2 is 1.55 bits per heavy atom. The van der Waals surface area contributed by atoms with E-state index in [9.17, 15) is 18.0 Å². The van der Waals surface area contributed by atoms with Crippen LogP contribution in [0.4, 0.5) is 11.4 Å². The van der Waals surface area contributed by atoms with Crippen molar-refractivity contribution < 1.29 is 22.7 Å². The number of hydrogen-bond acceptors (Lipinski definition) is 5. The zero-order chi connectivity index (χ0) is 24.0. The van der Waals surface area contributed by atoms with Gasteiger partial charge in [0.15, 0.2) is 5.78 Å². The second-order valence-electron chi connectivity index (χ2n) is 7.32. The van der Waals surface area contributed by atoms with Crippen molar-refractivity contribution >= 4 is 44.7 Å². The number of amides is 1. The number of Topliss-reactive ketones (excluding diaryl/α,β-unsaturated/α-hetero) is 1. The molecule has 172 valence electrons. The summed E-state index contributed by atoms with van der Waals surface area (Å²) in [5.74, 6) is -0.436. The number of carbonyl (C=O) groups excluding carboxylic acids is 2. The van der Waals surface area contributed by atoms with Gasteiger partial charge in [-0.3, -0.25) is 14.3 Å². The summed E-state index contributed by atoms with van der Waals surface area (Å²) < 4.78 is 33.5. The van der Waals surface area contributed by atoms with Crippen LogP contribution in [0, 0.1) is 6.92 Å². The Balaban J connectivity index is 1.70. The van der Waals surface area contributed by atoms with E-state index in [1.165, 1.54) is 37.4 Å². The molecule has 0 bridgehead atoms. The van der Waals surface area contributed by atoms with E-state index in [0.29, 0.717) is 16.3 Å². The number of methoxy groups -OCH3 is 1. The predicted molar refractivity (Wildman–Crippen MR) is 129 cm³/mol. The fourth-order valence-electron chi connectivity index (χ4n) is 3.03. The molecule has 0 saturated heterocycles. The van der Waals surface area contributed by atoms with Crippen LogP contribution in [0.15, 0.2) is 71.6 Å². The van der Waals surface area contributed by atoms with Crippen LogP contribution < -0.4 is 14.8 Å². The third-order valence-corrected chi connectivity index (χ3v) is 6.44. The molecule has 0 saturated carbocycles. The summed E-state index contributed by atoms with van der Waals surface area (Å²) in [4.78, 5) is 24.5. The molecule has 0 spiro atoms. The third kappa shape index (κ3) is 6.57. The van der Waals surface area contributed by atoms with E-state index >= 15 is 0 Å². The van der Waals surface area contributed by atoms with E-state index in [-0.39, 0.29) is 35.0 Å². The van der Waals surface area contributed by atoms with Crippen molar-refractivity contribution in [3.05, 3.63) is 82.9 Å². The number of rotatable bonds is 9. The van der Waals surface area contributed by atoms with Crippen LogP contribution in [0.25, 0.3) is 0 Å². The third-order valence-electron chi connectivity index (χ3n) is 4.79. The number of carbonyl (C=O) groups is 2. The van der Waals surface area contributed by atoms with Gasteiger partial charge in [0.1, 0.15) is 10.6 Å². The van der Waals surface area contributed by atoms with Crippen molar-refractivity contribution in [3.63, 3.8) is 0 Å². The van der Waals surface area contributed by atoms with Crippen molar-refractivity contribution in [2.75, 3.05) is 17.1 Å². The van der Waals surface area contributed by atoms with E-state index in [4.69, 9.17) is 16.3 Å². The number of hydrogen-bond donors (Lipinski definition) is 2. The Hall–Kier alpha value is -3.36. The lowest BCUT2D eigenvalue weighted by Crippen LogP contribution is -2.16. The fourth-order valence-corrected chi connectivity index (χ4v) is 4.41. The zero-order valence-electron chi connectivity index (χ0n) is 18.1. The first kappa shape index (κ1) is 24.3. The maximum absolute atomic E-state index is 12.9. The van der Waals surface area contributed by atoms with Gasteiger partial charge in [-0.05, 0) is 49.4 Å². The van der Waals surface area contributed by atoms with E-state index < -0.39 is 15.9 Å². The van der Waals surface area contributed by atoms with Crippen LogP contribution in [0.1, 0.15) is 28.8 Å².